The van der Waals surface area contributed by atoms with Gasteiger partial charge in [-0.15, -0.1) is 13.2 Å². The summed E-state index contributed by atoms with van der Waals surface area (Å²) in [6, 6.07) is 11.3. The molecule has 202 valence electrons. The maximum Gasteiger partial charge on any atom is 0.573 e. The van der Waals surface area contributed by atoms with Crippen LogP contribution < -0.4 is 25.6 Å². The molecule has 0 unspecified atom stereocenters. The number of anilines is 5. The number of halogens is 4. The zero-order valence-electron chi connectivity index (χ0n) is 20.2. The van der Waals surface area contributed by atoms with E-state index in [-0.39, 0.29) is 23.2 Å². The van der Waals surface area contributed by atoms with Gasteiger partial charge >= 0.3 is 12.4 Å². The number of alkyl halides is 3. The first-order valence-corrected chi connectivity index (χ1v) is 12.4. The summed E-state index contributed by atoms with van der Waals surface area (Å²) in [6.07, 6.45) is -3.07. The van der Waals surface area contributed by atoms with Crippen LogP contribution in [0.25, 0.3) is 10.3 Å². The molecular formula is C25H20F4N6O3S. The number of nitrogens with zero attached hydrogens (tertiary/aromatic N) is 3. The van der Waals surface area contributed by atoms with Gasteiger partial charge in [-0.1, -0.05) is 11.3 Å². The van der Waals surface area contributed by atoms with Crippen molar-refractivity contribution in [2.75, 3.05) is 27.9 Å². The highest BCUT2D eigenvalue weighted by molar-refractivity contribution is 7.22. The Morgan fingerprint density at radius 1 is 1.00 bits per heavy atom. The third-order valence-corrected chi connectivity index (χ3v) is 6.57. The average Bonchev–Trinajstić information content (AvgIpc) is 3.65. The fourth-order valence-electron chi connectivity index (χ4n) is 3.58. The molecule has 1 aliphatic carbocycles. The minimum Gasteiger partial charge on any atom is -0.406 e. The van der Waals surface area contributed by atoms with E-state index in [1.807, 2.05) is 0 Å². The summed E-state index contributed by atoms with van der Waals surface area (Å²) in [7, 11) is 1.71. The third-order valence-electron chi connectivity index (χ3n) is 5.69. The molecular weight excluding hydrogens is 540 g/mol. The van der Waals surface area contributed by atoms with Crippen molar-refractivity contribution in [1.29, 1.82) is 0 Å². The Balaban J connectivity index is 1.26. The van der Waals surface area contributed by atoms with Crippen LogP contribution in [0.1, 0.15) is 12.8 Å². The summed E-state index contributed by atoms with van der Waals surface area (Å²) in [4.78, 5) is 35.7. The molecule has 0 aliphatic heterocycles. The molecule has 2 heterocycles. The van der Waals surface area contributed by atoms with E-state index in [0.717, 1.165) is 25.0 Å². The van der Waals surface area contributed by atoms with Crippen molar-refractivity contribution in [1.82, 2.24) is 9.97 Å². The standard InChI is InChI=1S/C25H20F4N6O3S/c1-35(20-11-10-18-22(33-20)39-24(32-18)34-21(36)13-2-3-13)15-6-9-17(26)19(12-15)31-23(37)30-14-4-7-16(8-5-14)38-25(27,28)29/h4-13H,2-3H2,1H3,(H2,30,31,37)(H,32,34,36). The summed E-state index contributed by atoms with van der Waals surface area (Å²) in [5.74, 6) is -0.616. The van der Waals surface area contributed by atoms with Crippen molar-refractivity contribution >= 4 is 61.6 Å². The zero-order valence-corrected chi connectivity index (χ0v) is 21.0. The second-order valence-electron chi connectivity index (χ2n) is 8.65. The maximum atomic E-state index is 14.5. The van der Waals surface area contributed by atoms with Crippen molar-refractivity contribution in [3.8, 4) is 5.75 Å². The van der Waals surface area contributed by atoms with Crippen molar-refractivity contribution in [2.45, 2.75) is 19.2 Å². The number of fused-ring (bicyclic) bond motifs is 1. The maximum absolute atomic E-state index is 14.5. The number of hydrogen-bond acceptors (Lipinski definition) is 7. The van der Waals surface area contributed by atoms with Crippen LogP contribution >= 0.6 is 11.3 Å². The number of ether oxygens (including phenoxy) is 1. The number of urea groups is 1. The van der Waals surface area contributed by atoms with Gasteiger partial charge in [-0.25, -0.2) is 19.2 Å². The molecule has 3 N–H and O–H groups in total. The van der Waals surface area contributed by atoms with Gasteiger partial charge in [0.15, 0.2) is 5.13 Å². The van der Waals surface area contributed by atoms with Gasteiger partial charge in [-0.2, -0.15) is 0 Å². The Morgan fingerprint density at radius 3 is 2.44 bits per heavy atom. The lowest BCUT2D eigenvalue weighted by Gasteiger charge is -2.19. The number of nitrogens with one attached hydrogen (secondary N) is 3. The number of amides is 3. The van der Waals surface area contributed by atoms with Gasteiger partial charge in [-0.05, 0) is 67.4 Å². The van der Waals surface area contributed by atoms with E-state index >= 15 is 0 Å². The molecule has 9 nitrogen and oxygen atoms in total. The Labute approximate surface area is 222 Å². The predicted molar refractivity (Wildman–Crippen MR) is 139 cm³/mol. The highest BCUT2D eigenvalue weighted by atomic mass is 32.1. The van der Waals surface area contributed by atoms with Gasteiger partial charge < -0.3 is 25.6 Å². The SMILES string of the molecule is CN(c1ccc(F)c(NC(=O)Nc2ccc(OC(F)(F)F)cc2)c1)c1ccc2nc(NC(=O)C3CC3)sc2n1. The van der Waals surface area contributed by atoms with E-state index in [9.17, 15) is 27.2 Å². The van der Waals surface area contributed by atoms with Crippen LogP contribution in [-0.2, 0) is 4.79 Å². The number of thiazole rings is 1. The molecule has 1 aliphatic rings. The molecule has 0 spiro atoms. The lowest BCUT2D eigenvalue weighted by Crippen LogP contribution is -2.21. The first-order chi connectivity index (χ1) is 18.5. The Morgan fingerprint density at radius 2 is 1.74 bits per heavy atom. The number of carbonyl (C=O) groups is 2. The summed E-state index contributed by atoms with van der Waals surface area (Å²) in [5.41, 5.74) is 1.18. The number of benzene rings is 2. The van der Waals surface area contributed by atoms with E-state index < -0.39 is 24.0 Å². The highest BCUT2D eigenvalue weighted by Gasteiger charge is 2.31. The molecule has 0 saturated heterocycles. The summed E-state index contributed by atoms with van der Waals surface area (Å²) < 4.78 is 55.2. The Bertz CT molecular complexity index is 1540. The molecule has 14 heteroatoms. The largest absolute Gasteiger partial charge is 0.573 e. The topological polar surface area (TPSA) is 108 Å². The van der Waals surface area contributed by atoms with E-state index in [2.05, 4.69) is 30.7 Å². The molecule has 3 amide bonds. The van der Waals surface area contributed by atoms with Crippen LogP contribution in [0.5, 0.6) is 5.75 Å². The van der Waals surface area contributed by atoms with E-state index in [4.69, 9.17) is 0 Å². The molecule has 2 aromatic heterocycles. The molecule has 4 aromatic rings. The average molecular weight is 561 g/mol. The first kappa shape index (κ1) is 26.2. The third kappa shape index (κ3) is 6.52. The van der Waals surface area contributed by atoms with Gasteiger partial charge in [0.05, 0.1) is 5.69 Å². The molecule has 39 heavy (non-hydrogen) atoms. The monoisotopic (exact) mass is 560 g/mol. The zero-order chi connectivity index (χ0) is 27.7. The molecule has 0 bridgehead atoms. The number of carbonyl (C=O) groups excluding carboxylic acids is 2. The summed E-state index contributed by atoms with van der Waals surface area (Å²) in [6.45, 7) is 0. The molecule has 1 saturated carbocycles. The normalized spacial score (nSPS) is 13.2. The quantitative estimate of drug-likeness (QED) is 0.223. The first-order valence-electron chi connectivity index (χ1n) is 11.6. The number of rotatable bonds is 7. The van der Waals surface area contributed by atoms with Crippen molar-refractivity contribution in [3.05, 3.63) is 60.4 Å². The van der Waals surface area contributed by atoms with E-state index in [1.165, 1.54) is 41.7 Å². The fraction of sp³-hybridized carbons (Fsp3) is 0.200. The van der Waals surface area contributed by atoms with Gasteiger partial charge in [0.2, 0.25) is 5.91 Å². The second kappa shape index (κ2) is 10.4. The van der Waals surface area contributed by atoms with E-state index in [0.29, 0.717) is 27.0 Å². The van der Waals surface area contributed by atoms with Crippen molar-refractivity contribution < 1.29 is 31.9 Å². The van der Waals surface area contributed by atoms with E-state index in [1.54, 1.807) is 24.1 Å². The lowest BCUT2D eigenvalue weighted by atomic mass is 10.2. The van der Waals surface area contributed by atoms with Crippen LogP contribution in [0.4, 0.5) is 50.4 Å². The number of hydrogen-bond donors (Lipinski definition) is 3. The Hall–Kier alpha value is -4.46. The summed E-state index contributed by atoms with van der Waals surface area (Å²) >= 11 is 1.25. The molecule has 1 fully saturated rings. The molecule has 0 radical (unpaired) electrons. The smallest absolute Gasteiger partial charge is 0.406 e. The lowest BCUT2D eigenvalue weighted by molar-refractivity contribution is -0.274. The van der Waals surface area contributed by atoms with Crippen LogP contribution in [0.15, 0.2) is 54.6 Å². The van der Waals surface area contributed by atoms with Gasteiger partial charge in [0, 0.05) is 24.3 Å². The highest BCUT2D eigenvalue weighted by Crippen LogP contribution is 2.33. The number of aromatic nitrogens is 2. The predicted octanol–water partition coefficient (Wildman–Crippen LogP) is 6.49. The minimum absolute atomic E-state index is 0.0470. The second-order valence-corrected chi connectivity index (χ2v) is 9.63. The molecule has 0 atom stereocenters. The summed E-state index contributed by atoms with van der Waals surface area (Å²) in [5, 5.41) is 8.09. The van der Waals surface area contributed by atoms with Crippen LogP contribution in [0.3, 0.4) is 0 Å². The Kier molecular flexibility index (Phi) is 6.95. The number of pyridine rings is 1. The van der Waals surface area contributed by atoms with Crippen LogP contribution in [-0.4, -0.2) is 35.3 Å². The molecule has 2 aromatic carbocycles. The van der Waals surface area contributed by atoms with Crippen LogP contribution in [0, 0.1) is 11.7 Å². The van der Waals surface area contributed by atoms with Gasteiger partial charge in [0.1, 0.15) is 27.7 Å². The van der Waals surface area contributed by atoms with Crippen molar-refractivity contribution in [3.63, 3.8) is 0 Å². The van der Waals surface area contributed by atoms with Gasteiger partial charge in [-0.3, -0.25) is 4.79 Å². The molecule has 5 rings (SSSR count). The van der Waals surface area contributed by atoms with Gasteiger partial charge in [0.25, 0.3) is 0 Å². The van der Waals surface area contributed by atoms with Crippen LogP contribution in [0.2, 0.25) is 0 Å². The minimum atomic E-state index is -4.83. The fourth-order valence-corrected chi connectivity index (χ4v) is 4.41. The van der Waals surface area contributed by atoms with Crippen molar-refractivity contribution in [2.24, 2.45) is 5.92 Å².